The number of aromatic nitrogens is 1. The third-order valence-corrected chi connectivity index (χ3v) is 11.0. The van der Waals surface area contributed by atoms with Crippen LogP contribution < -0.4 is 11.1 Å². The summed E-state index contributed by atoms with van der Waals surface area (Å²) in [5.41, 5.74) is 8.68. The van der Waals surface area contributed by atoms with E-state index in [0.29, 0.717) is 24.3 Å². The van der Waals surface area contributed by atoms with Crippen molar-refractivity contribution < 1.29 is 18.7 Å². The summed E-state index contributed by atoms with van der Waals surface area (Å²) in [5.74, 6) is -2.09. The van der Waals surface area contributed by atoms with Crippen LogP contribution in [0.5, 0.6) is 0 Å². The average molecular weight is 553 g/mol. The van der Waals surface area contributed by atoms with Gasteiger partial charge >= 0.3 is 0 Å². The number of nitrogen functional groups attached to an aromatic ring is 1. The summed E-state index contributed by atoms with van der Waals surface area (Å²) in [6.45, 7) is 6.35. The maximum Gasteiger partial charge on any atom is 0.255 e. The Balaban J connectivity index is 1.16. The van der Waals surface area contributed by atoms with E-state index in [9.17, 15) is 18.7 Å². The van der Waals surface area contributed by atoms with Crippen molar-refractivity contribution in [3.8, 4) is 11.1 Å². The molecule has 0 radical (unpaired) electrons. The number of carbonyl (C=O) groups is 1. The van der Waals surface area contributed by atoms with Crippen LogP contribution in [0, 0.1) is 5.92 Å². The Bertz CT molecular complexity index is 1250. The summed E-state index contributed by atoms with van der Waals surface area (Å²) < 4.78 is 27.4. The van der Waals surface area contributed by atoms with Crippen LogP contribution in [0.1, 0.15) is 94.0 Å². The van der Waals surface area contributed by atoms with Crippen molar-refractivity contribution in [3.63, 3.8) is 0 Å². The SMILES string of the molecule is C[C@@H]1CN(C2CCC(F)(F)CC2)C[C@@]1(C)c1ccc(-c2cnc(N)c(C(=O)NC34CCC(O)(CC3)CC4)c2)cc1. The summed E-state index contributed by atoms with van der Waals surface area (Å²) in [6.07, 6.45) is 7.35. The number of nitrogens with zero attached hydrogens (tertiary/aromatic N) is 2. The van der Waals surface area contributed by atoms with Crippen molar-refractivity contribution in [1.29, 1.82) is 0 Å². The van der Waals surface area contributed by atoms with Gasteiger partial charge in [-0.1, -0.05) is 38.1 Å². The van der Waals surface area contributed by atoms with Gasteiger partial charge in [0.15, 0.2) is 0 Å². The number of anilines is 1. The predicted molar refractivity (Wildman–Crippen MR) is 152 cm³/mol. The Morgan fingerprint density at radius 3 is 2.27 bits per heavy atom. The molecule has 6 nitrogen and oxygen atoms in total. The molecule has 40 heavy (non-hydrogen) atoms. The number of alkyl halides is 2. The molecule has 216 valence electrons. The van der Waals surface area contributed by atoms with Crippen LogP contribution >= 0.6 is 0 Å². The molecule has 0 unspecified atom stereocenters. The third kappa shape index (κ3) is 5.02. The highest BCUT2D eigenvalue weighted by atomic mass is 19.3. The van der Waals surface area contributed by atoms with Crippen LogP contribution in [-0.2, 0) is 5.41 Å². The van der Waals surface area contributed by atoms with E-state index < -0.39 is 11.5 Å². The van der Waals surface area contributed by atoms with Gasteiger partial charge in [0, 0.05) is 54.7 Å². The number of nitrogens with two attached hydrogens (primary N) is 1. The number of hydrogen-bond donors (Lipinski definition) is 3. The molecule has 2 atom stereocenters. The fourth-order valence-corrected chi connectivity index (χ4v) is 7.76. The maximum absolute atomic E-state index is 13.7. The summed E-state index contributed by atoms with van der Waals surface area (Å²) in [5, 5.41) is 13.8. The molecule has 1 aromatic heterocycles. The van der Waals surface area contributed by atoms with Crippen LogP contribution in [0.25, 0.3) is 11.1 Å². The van der Waals surface area contributed by atoms with Crippen molar-refractivity contribution in [2.45, 2.75) is 107 Å². The van der Waals surface area contributed by atoms with Crippen molar-refractivity contribution in [2.75, 3.05) is 18.8 Å². The van der Waals surface area contributed by atoms with E-state index in [1.807, 2.05) is 6.07 Å². The second-order valence-corrected chi connectivity index (χ2v) is 13.5. The number of hydrogen-bond acceptors (Lipinski definition) is 5. The van der Waals surface area contributed by atoms with Gasteiger partial charge in [-0.2, -0.15) is 0 Å². The molecular weight excluding hydrogens is 510 g/mol. The molecule has 4 N–H and O–H groups in total. The van der Waals surface area contributed by atoms with E-state index >= 15 is 0 Å². The van der Waals surface area contributed by atoms with Gasteiger partial charge in [-0.25, -0.2) is 13.8 Å². The molecule has 1 amide bonds. The first-order valence-corrected chi connectivity index (χ1v) is 14.9. The highest BCUT2D eigenvalue weighted by molar-refractivity contribution is 5.99. The molecule has 7 rings (SSSR count). The predicted octanol–water partition coefficient (Wildman–Crippen LogP) is 5.69. The number of likely N-dealkylation sites (tertiary alicyclic amines) is 1. The highest BCUT2D eigenvalue weighted by Gasteiger charge is 2.49. The zero-order chi connectivity index (χ0) is 28.3. The Morgan fingerprint density at radius 1 is 1.02 bits per heavy atom. The minimum absolute atomic E-state index is 0.00601. The van der Waals surface area contributed by atoms with E-state index in [1.165, 1.54) is 5.56 Å². The van der Waals surface area contributed by atoms with Gasteiger partial charge in [0.25, 0.3) is 5.91 Å². The number of halogens is 2. The fraction of sp³-hybridized carbons (Fsp3) is 0.625. The molecule has 5 aliphatic rings. The third-order valence-electron chi connectivity index (χ3n) is 11.0. The fourth-order valence-electron chi connectivity index (χ4n) is 7.76. The van der Waals surface area contributed by atoms with Gasteiger partial charge in [0.2, 0.25) is 5.92 Å². The summed E-state index contributed by atoms with van der Waals surface area (Å²) >= 11 is 0. The molecule has 8 heteroatoms. The molecular formula is C32H42F2N4O2. The summed E-state index contributed by atoms with van der Waals surface area (Å²) in [6, 6.07) is 10.5. The van der Waals surface area contributed by atoms with Crippen molar-refractivity contribution in [1.82, 2.24) is 15.2 Å². The molecule has 1 saturated heterocycles. The number of benzene rings is 1. The van der Waals surface area contributed by atoms with Crippen LogP contribution in [0.3, 0.4) is 0 Å². The van der Waals surface area contributed by atoms with Gasteiger partial charge in [-0.05, 0) is 74.5 Å². The Labute approximate surface area is 235 Å². The molecule has 0 spiro atoms. The van der Waals surface area contributed by atoms with E-state index in [4.69, 9.17) is 5.73 Å². The molecule has 4 aliphatic carbocycles. The normalized spacial score (nSPS) is 34.2. The Morgan fingerprint density at radius 2 is 1.65 bits per heavy atom. The lowest BCUT2D eigenvalue weighted by Crippen LogP contribution is -2.58. The number of rotatable bonds is 5. The number of carbonyl (C=O) groups excluding carboxylic acids is 1. The van der Waals surface area contributed by atoms with Crippen LogP contribution in [0.15, 0.2) is 36.5 Å². The topological polar surface area (TPSA) is 91.5 Å². The van der Waals surface area contributed by atoms with Gasteiger partial charge in [0.05, 0.1) is 11.2 Å². The van der Waals surface area contributed by atoms with Crippen LogP contribution in [0.4, 0.5) is 14.6 Å². The van der Waals surface area contributed by atoms with Gasteiger partial charge < -0.3 is 16.2 Å². The van der Waals surface area contributed by atoms with Crippen molar-refractivity contribution >= 4 is 11.7 Å². The summed E-state index contributed by atoms with van der Waals surface area (Å²) in [7, 11) is 0. The standard InChI is InChI=1S/C32H42F2N4O2/c1-21-19-38(25-7-9-32(33,34)10-8-25)20-29(21,2)24-5-3-22(4-6-24)23-17-26(27(35)36-18-23)28(39)37-30-11-14-31(40,15-12-30)16-13-30/h3-6,17-18,21,25,40H,7-16,19-20H2,1-2H3,(H2,35,36)(H,37,39)/t21-,29-,30?,31?/m1/s1. The first kappa shape index (κ1) is 27.6. The zero-order valence-corrected chi connectivity index (χ0v) is 23.7. The van der Waals surface area contributed by atoms with Gasteiger partial charge in [0.1, 0.15) is 5.82 Å². The van der Waals surface area contributed by atoms with E-state index in [0.717, 1.165) is 62.7 Å². The molecule has 5 fully saturated rings. The molecule has 4 saturated carbocycles. The number of nitrogens with one attached hydrogen (secondary N) is 1. The lowest BCUT2D eigenvalue weighted by molar-refractivity contribution is -0.0702. The maximum atomic E-state index is 13.7. The van der Waals surface area contributed by atoms with Crippen molar-refractivity contribution in [3.05, 3.63) is 47.7 Å². The highest BCUT2D eigenvalue weighted by Crippen LogP contribution is 2.47. The number of aliphatic hydroxyl groups is 1. The average Bonchev–Trinajstić information content (AvgIpc) is 3.24. The molecule has 2 aromatic rings. The molecule has 2 bridgehead atoms. The quantitative estimate of drug-likeness (QED) is 0.444. The summed E-state index contributed by atoms with van der Waals surface area (Å²) in [4.78, 5) is 20.1. The van der Waals surface area contributed by atoms with Gasteiger partial charge in [-0.15, -0.1) is 0 Å². The molecule has 1 aromatic carbocycles. The van der Waals surface area contributed by atoms with Crippen molar-refractivity contribution in [2.24, 2.45) is 5.92 Å². The minimum atomic E-state index is -2.50. The first-order valence-electron chi connectivity index (χ1n) is 14.9. The number of amides is 1. The molecule has 1 aliphatic heterocycles. The van der Waals surface area contributed by atoms with Gasteiger partial charge in [-0.3, -0.25) is 9.69 Å². The Hall–Kier alpha value is -2.58. The van der Waals surface area contributed by atoms with Crippen LogP contribution in [0.2, 0.25) is 0 Å². The zero-order valence-electron chi connectivity index (χ0n) is 23.7. The minimum Gasteiger partial charge on any atom is -0.390 e. The first-order chi connectivity index (χ1) is 18.9. The van der Waals surface area contributed by atoms with E-state index in [-0.39, 0.29) is 41.6 Å². The smallest absolute Gasteiger partial charge is 0.255 e. The van der Waals surface area contributed by atoms with E-state index in [2.05, 4.69) is 53.3 Å². The lowest BCUT2D eigenvalue weighted by atomic mass is 9.63. The number of fused-ring (bicyclic) bond motifs is 3. The van der Waals surface area contributed by atoms with E-state index in [1.54, 1.807) is 6.20 Å². The van der Waals surface area contributed by atoms with Crippen LogP contribution in [-0.4, -0.2) is 57.1 Å². The second kappa shape index (κ2) is 9.76. The lowest BCUT2D eigenvalue weighted by Gasteiger charge is -2.51. The monoisotopic (exact) mass is 552 g/mol. The largest absolute Gasteiger partial charge is 0.390 e. The molecule has 2 heterocycles. The number of pyridine rings is 1. The Kier molecular flexibility index (Phi) is 6.73. The second-order valence-electron chi connectivity index (χ2n) is 13.5.